The van der Waals surface area contributed by atoms with Crippen molar-refractivity contribution in [3.63, 3.8) is 0 Å². The van der Waals surface area contributed by atoms with Crippen LogP contribution < -0.4 is 28.5 Å². The van der Waals surface area contributed by atoms with Crippen LogP contribution in [0, 0.1) is 0 Å². The maximum Gasteiger partial charge on any atom is 0.416 e. The minimum atomic E-state index is -4.37. The topological polar surface area (TPSA) is 29.1 Å². The maximum atomic E-state index is 12.3. The van der Waals surface area contributed by atoms with Gasteiger partial charge < -0.3 is 24.0 Å². The molecule has 1 aromatic heterocycles. The van der Waals surface area contributed by atoms with Crippen LogP contribution in [0.3, 0.4) is 0 Å². The molecular formula is C10H15F3IN3O. The van der Waals surface area contributed by atoms with E-state index in [0.29, 0.717) is 6.42 Å². The van der Waals surface area contributed by atoms with Crippen LogP contribution in [0.25, 0.3) is 0 Å². The van der Waals surface area contributed by atoms with Gasteiger partial charge in [-0.2, -0.15) is 17.7 Å². The number of aryl methyl sites for hydroxylation is 1. The van der Waals surface area contributed by atoms with Gasteiger partial charge in [0.2, 0.25) is 0 Å². The molecule has 1 aromatic rings. The highest BCUT2D eigenvalue weighted by Gasteiger charge is 2.34. The van der Waals surface area contributed by atoms with Crippen molar-refractivity contribution in [2.24, 2.45) is 7.05 Å². The summed E-state index contributed by atoms with van der Waals surface area (Å²) < 4.78 is 39.6. The van der Waals surface area contributed by atoms with Crippen molar-refractivity contribution < 1.29 is 46.5 Å². The number of aromatic nitrogens is 2. The lowest BCUT2D eigenvalue weighted by Crippen LogP contribution is -3.00. The molecule has 1 heterocycles. The summed E-state index contributed by atoms with van der Waals surface area (Å²) in [5.74, 6) is 0. The first-order valence-corrected chi connectivity index (χ1v) is 5.22. The van der Waals surface area contributed by atoms with Gasteiger partial charge in [0.15, 0.2) is 0 Å². The third-order valence-electron chi connectivity index (χ3n) is 2.12. The molecule has 104 valence electrons. The van der Waals surface area contributed by atoms with Gasteiger partial charge in [-0.3, -0.25) is 4.90 Å². The summed E-state index contributed by atoms with van der Waals surface area (Å²) in [6.07, 6.45) is 0.563. The Bertz CT molecular complexity index is 392. The fourth-order valence-electron chi connectivity index (χ4n) is 1.46. The molecule has 1 rings (SSSR count). The number of hydrogen-bond donors (Lipinski definition) is 0. The highest BCUT2D eigenvalue weighted by atomic mass is 127. The van der Waals surface area contributed by atoms with Gasteiger partial charge in [0.1, 0.15) is 18.9 Å². The molecule has 0 radical (unpaired) electrons. The van der Waals surface area contributed by atoms with Gasteiger partial charge >= 0.3 is 12.2 Å². The van der Waals surface area contributed by atoms with Crippen molar-refractivity contribution in [2.75, 3.05) is 13.1 Å². The average Bonchev–Trinajstić information content (AvgIpc) is 2.61. The van der Waals surface area contributed by atoms with Gasteiger partial charge in [-0.1, -0.05) is 6.92 Å². The van der Waals surface area contributed by atoms with Crippen molar-refractivity contribution >= 4 is 6.03 Å². The van der Waals surface area contributed by atoms with Gasteiger partial charge in [-0.25, -0.2) is 9.36 Å². The normalized spacial score (nSPS) is 10.9. The van der Waals surface area contributed by atoms with Crippen LogP contribution in [0.15, 0.2) is 18.7 Å². The number of carbonyl (C=O) groups is 1. The fraction of sp³-hybridized carbons (Fsp3) is 0.600. The molecular weight excluding hydrogens is 362 g/mol. The first-order chi connectivity index (χ1) is 7.83. The van der Waals surface area contributed by atoms with Gasteiger partial charge in [0, 0.05) is 6.54 Å². The second kappa shape index (κ2) is 6.95. The predicted molar refractivity (Wildman–Crippen MR) is 54.3 cm³/mol. The molecule has 0 aliphatic rings. The maximum absolute atomic E-state index is 12.3. The van der Waals surface area contributed by atoms with E-state index in [9.17, 15) is 18.0 Å². The number of alkyl halides is 3. The number of carbonyl (C=O) groups excluding carboxylic acids is 1. The van der Waals surface area contributed by atoms with Crippen LogP contribution in [0.2, 0.25) is 0 Å². The van der Waals surface area contributed by atoms with Crippen LogP contribution in [0.1, 0.15) is 13.3 Å². The molecule has 8 heteroatoms. The van der Waals surface area contributed by atoms with Gasteiger partial charge in [-0.15, -0.1) is 0 Å². The molecule has 4 nitrogen and oxygen atoms in total. The molecule has 0 saturated heterocycles. The van der Waals surface area contributed by atoms with E-state index in [0.717, 1.165) is 9.47 Å². The molecule has 0 aromatic carbocycles. The molecule has 1 amide bonds. The summed E-state index contributed by atoms with van der Waals surface area (Å²) in [6, 6.07) is -0.662. The summed E-state index contributed by atoms with van der Waals surface area (Å²) in [5, 5.41) is 0. The lowest BCUT2D eigenvalue weighted by molar-refractivity contribution is -0.670. The molecule has 0 bridgehead atoms. The van der Waals surface area contributed by atoms with Crippen LogP contribution in [-0.4, -0.2) is 34.8 Å². The van der Waals surface area contributed by atoms with Gasteiger partial charge in [0.25, 0.3) is 6.33 Å². The quantitative estimate of drug-likeness (QED) is 0.469. The van der Waals surface area contributed by atoms with Crippen LogP contribution in [-0.2, 0) is 7.05 Å². The van der Waals surface area contributed by atoms with E-state index in [2.05, 4.69) is 0 Å². The molecule has 0 aliphatic heterocycles. The van der Waals surface area contributed by atoms with Crippen molar-refractivity contribution in [1.29, 1.82) is 0 Å². The zero-order valence-corrected chi connectivity index (χ0v) is 12.3. The van der Waals surface area contributed by atoms with E-state index in [4.69, 9.17) is 0 Å². The molecule has 0 atom stereocenters. The molecule has 0 N–H and O–H groups in total. The Kier molecular flexibility index (Phi) is 6.64. The van der Waals surface area contributed by atoms with Gasteiger partial charge in [-0.05, 0) is 6.42 Å². The smallest absolute Gasteiger partial charge is 0.416 e. The highest BCUT2D eigenvalue weighted by Crippen LogP contribution is 2.17. The van der Waals surface area contributed by atoms with E-state index >= 15 is 0 Å². The minimum absolute atomic E-state index is 0. The zero-order valence-electron chi connectivity index (χ0n) is 10.1. The van der Waals surface area contributed by atoms with Gasteiger partial charge in [0.05, 0.1) is 7.05 Å². The number of hydrogen-bond acceptors (Lipinski definition) is 1. The standard InChI is InChI=1S/C10H15F3N3O.HI/c1-3-4-15(7-10(11,12)13)9(17)16-6-5-14(2)8-16;/h5-6,8H,3-4,7H2,1-2H3;1H/q+1;/p-1. The van der Waals surface area contributed by atoms with Crippen molar-refractivity contribution in [3.05, 3.63) is 18.7 Å². The largest absolute Gasteiger partial charge is 1.00 e. The van der Waals surface area contributed by atoms with Crippen LogP contribution in [0.5, 0.6) is 0 Å². The number of amides is 1. The monoisotopic (exact) mass is 377 g/mol. The molecule has 0 aliphatic carbocycles. The van der Waals surface area contributed by atoms with E-state index in [1.165, 1.54) is 12.5 Å². The first-order valence-electron chi connectivity index (χ1n) is 5.22. The van der Waals surface area contributed by atoms with Crippen LogP contribution >= 0.6 is 0 Å². The Labute approximate surface area is 120 Å². The molecule has 0 fully saturated rings. The first kappa shape index (κ1) is 17.2. The molecule has 0 unspecified atom stereocenters. The number of nitrogens with zero attached hydrogens (tertiary/aromatic N) is 3. The summed E-state index contributed by atoms with van der Waals surface area (Å²) in [4.78, 5) is 12.6. The van der Waals surface area contributed by atoms with Crippen LogP contribution in [0.4, 0.5) is 18.0 Å². The predicted octanol–water partition coefficient (Wildman–Crippen LogP) is -1.44. The van der Waals surface area contributed by atoms with E-state index in [1.54, 1.807) is 24.7 Å². The summed E-state index contributed by atoms with van der Waals surface area (Å²) >= 11 is 0. The number of rotatable bonds is 3. The summed E-state index contributed by atoms with van der Waals surface area (Å²) in [7, 11) is 1.69. The van der Waals surface area contributed by atoms with Crippen molar-refractivity contribution in [2.45, 2.75) is 19.5 Å². The number of imidazole rings is 1. The Hall–Kier alpha value is -0.800. The molecule has 0 saturated carbocycles. The second-order valence-corrected chi connectivity index (χ2v) is 3.81. The summed E-state index contributed by atoms with van der Waals surface area (Å²) in [6.45, 7) is 0.591. The zero-order chi connectivity index (χ0) is 13.1. The minimum Gasteiger partial charge on any atom is -1.00 e. The average molecular weight is 377 g/mol. The van der Waals surface area contributed by atoms with E-state index in [-0.39, 0.29) is 30.5 Å². The third kappa shape index (κ3) is 5.23. The van der Waals surface area contributed by atoms with E-state index in [1.807, 2.05) is 0 Å². The SMILES string of the molecule is CCCN(CC(F)(F)F)C(=O)n1cc[n+](C)c1.[I-]. The molecule has 18 heavy (non-hydrogen) atoms. The fourth-order valence-corrected chi connectivity index (χ4v) is 1.46. The Morgan fingerprint density at radius 3 is 2.44 bits per heavy atom. The second-order valence-electron chi connectivity index (χ2n) is 3.81. The lowest BCUT2D eigenvalue weighted by Gasteiger charge is -2.20. The van der Waals surface area contributed by atoms with Crippen molar-refractivity contribution in [3.8, 4) is 0 Å². The Balaban J connectivity index is 0.00000289. The van der Waals surface area contributed by atoms with E-state index < -0.39 is 18.8 Å². The summed E-state index contributed by atoms with van der Waals surface area (Å²) in [5.41, 5.74) is 0. The number of halogens is 4. The molecule has 0 spiro atoms. The Morgan fingerprint density at radius 1 is 1.44 bits per heavy atom. The third-order valence-corrected chi connectivity index (χ3v) is 2.12. The Morgan fingerprint density at radius 2 is 2.06 bits per heavy atom. The lowest BCUT2D eigenvalue weighted by atomic mass is 10.4. The van der Waals surface area contributed by atoms with Crippen molar-refractivity contribution in [1.82, 2.24) is 9.47 Å². The highest BCUT2D eigenvalue weighted by molar-refractivity contribution is 5.76.